The molecule has 2 rings (SSSR count). The van der Waals surface area contributed by atoms with Gasteiger partial charge in [0.15, 0.2) is 0 Å². The van der Waals surface area contributed by atoms with Crippen LogP contribution in [0.3, 0.4) is 0 Å². The van der Waals surface area contributed by atoms with Crippen LogP contribution in [0.2, 0.25) is 0 Å². The third kappa shape index (κ3) is 3.27. The Morgan fingerprint density at radius 1 is 1.40 bits per heavy atom. The smallest absolute Gasteiger partial charge is 0.416 e. The van der Waals surface area contributed by atoms with Crippen molar-refractivity contribution in [1.82, 2.24) is 4.37 Å². The summed E-state index contributed by atoms with van der Waals surface area (Å²) in [5.41, 5.74) is -0.834. The van der Waals surface area contributed by atoms with Crippen LogP contribution in [0.15, 0.2) is 30.5 Å². The largest absolute Gasteiger partial charge is 0.488 e. The fraction of sp³-hybridized carbons (Fsp3) is 0.167. The minimum absolute atomic E-state index is 0.0121. The molecule has 2 aromatic rings. The summed E-state index contributed by atoms with van der Waals surface area (Å²) >= 11 is 0.929. The first-order chi connectivity index (χ1) is 9.38. The Morgan fingerprint density at radius 2 is 2.15 bits per heavy atom. The third-order valence-corrected chi connectivity index (χ3v) is 3.18. The van der Waals surface area contributed by atoms with Crippen molar-refractivity contribution in [3.05, 3.63) is 46.5 Å². The number of nitrogens with zero attached hydrogens (tertiary/aromatic N) is 1. The molecule has 1 N–H and O–H groups in total. The molecule has 0 aliphatic rings. The number of halogens is 3. The van der Waals surface area contributed by atoms with E-state index in [1.807, 2.05) is 0 Å². The predicted molar refractivity (Wildman–Crippen MR) is 64.8 cm³/mol. The summed E-state index contributed by atoms with van der Waals surface area (Å²) in [5.74, 6) is -1.13. The Bertz CT molecular complexity index is 624. The molecule has 8 heteroatoms. The number of ether oxygens (including phenoxy) is 1. The molecule has 1 aromatic carbocycles. The number of aromatic carboxylic acids is 1. The number of aromatic nitrogens is 1. The molecule has 0 spiro atoms. The molecule has 4 nitrogen and oxygen atoms in total. The van der Waals surface area contributed by atoms with E-state index < -0.39 is 17.7 Å². The van der Waals surface area contributed by atoms with E-state index in [1.165, 1.54) is 18.3 Å². The molecule has 0 unspecified atom stereocenters. The van der Waals surface area contributed by atoms with Crippen molar-refractivity contribution in [1.29, 1.82) is 0 Å². The summed E-state index contributed by atoms with van der Waals surface area (Å²) in [6.45, 7) is -0.145. The van der Waals surface area contributed by atoms with Gasteiger partial charge in [-0.3, -0.25) is 0 Å². The zero-order valence-electron chi connectivity index (χ0n) is 9.85. The minimum atomic E-state index is -4.45. The van der Waals surface area contributed by atoms with Crippen molar-refractivity contribution in [3.8, 4) is 5.75 Å². The summed E-state index contributed by atoms with van der Waals surface area (Å²) in [6, 6.07) is 4.39. The maximum absolute atomic E-state index is 12.5. The van der Waals surface area contributed by atoms with Crippen LogP contribution in [0.5, 0.6) is 5.75 Å². The Hall–Kier alpha value is -2.09. The average Bonchev–Trinajstić information content (AvgIpc) is 2.84. The van der Waals surface area contributed by atoms with Gasteiger partial charge in [-0.15, -0.1) is 0 Å². The molecule has 20 heavy (non-hydrogen) atoms. The van der Waals surface area contributed by atoms with Gasteiger partial charge in [-0.05, 0) is 29.7 Å². The number of carboxylic acid groups (broad SMARTS) is 1. The molecule has 0 atom stereocenters. The van der Waals surface area contributed by atoms with Gasteiger partial charge >= 0.3 is 12.1 Å². The number of carbonyl (C=O) groups is 1. The summed E-state index contributed by atoms with van der Waals surface area (Å²) < 4.78 is 46.4. The van der Waals surface area contributed by atoms with Crippen LogP contribution in [-0.4, -0.2) is 15.4 Å². The molecule has 0 bridgehead atoms. The SMILES string of the molecule is O=C(O)c1cnsc1COc1cccc(C(F)(F)F)c1. The molecule has 1 aromatic heterocycles. The molecular formula is C12H8F3NO3S. The molecule has 0 aliphatic heterocycles. The lowest BCUT2D eigenvalue weighted by Crippen LogP contribution is -2.06. The standard InChI is InChI=1S/C12H8F3NO3S/c13-12(14,15)7-2-1-3-8(4-7)19-6-10-9(11(17)18)5-16-20-10/h1-5H,6H2,(H,17,18). The summed E-state index contributed by atoms with van der Waals surface area (Å²) in [6.07, 6.45) is -3.27. The van der Waals surface area contributed by atoms with Gasteiger partial charge in [-0.1, -0.05) is 6.07 Å². The quantitative estimate of drug-likeness (QED) is 0.940. The highest BCUT2D eigenvalue weighted by Gasteiger charge is 2.30. The van der Waals surface area contributed by atoms with Crippen molar-refractivity contribution in [3.63, 3.8) is 0 Å². The zero-order chi connectivity index (χ0) is 14.8. The third-order valence-electron chi connectivity index (χ3n) is 2.41. The van der Waals surface area contributed by atoms with Crippen molar-refractivity contribution < 1.29 is 27.8 Å². The van der Waals surface area contributed by atoms with E-state index in [-0.39, 0.29) is 17.9 Å². The number of benzene rings is 1. The number of carboxylic acids is 1. The lowest BCUT2D eigenvalue weighted by molar-refractivity contribution is -0.137. The van der Waals surface area contributed by atoms with Gasteiger partial charge in [0.1, 0.15) is 12.4 Å². The van der Waals surface area contributed by atoms with Crippen LogP contribution in [0.4, 0.5) is 13.2 Å². The van der Waals surface area contributed by atoms with Crippen LogP contribution < -0.4 is 4.74 Å². The van der Waals surface area contributed by atoms with Gasteiger partial charge in [-0.25, -0.2) is 4.79 Å². The number of alkyl halides is 3. The Kier molecular flexibility index (Phi) is 3.93. The van der Waals surface area contributed by atoms with Crippen LogP contribution in [0.1, 0.15) is 20.8 Å². The molecule has 106 valence electrons. The van der Waals surface area contributed by atoms with Gasteiger partial charge in [-0.2, -0.15) is 17.5 Å². The molecule has 0 radical (unpaired) electrons. The monoisotopic (exact) mass is 303 g/mol. The topological polar surface area (TPSA) is 59.4 Å². The van der Waals surface area contributed by atoms with E-state index in [1.54, 1.807) is 0 Å². The fourth-order valence-corrected chi connectivity index (χ4v) is 2.09. The number of hydrogen-bond acceptors (Lipinski definition) is 4. The zero-order valence-corrected chi connectivity index (χ0v) is 10.7. The predicted octanol–water partition coefficient (Wildman–Crippen LogP) is 3.44. The first kappa shape index (κ1) is 14.3. The van der Waals surface area contributed by atoms with Crippen LogP contribution >= 0.6 is 11.5 Å². The highest BCUT2D eigenvalue weighted by Crippen LogP contribution is 2.31. The Balaban J connectivity index is 2.11. The van der Waals surface area contributed by atoms with Gasteiger partial charge in [0.2, 0.25) is 0 Å². The molecule has 0 amide bonds. The average molecular weight is 303 g/mol. The number of hydrogen-bond donors (Lipinski definition) is 1. The van der Waals surface area contributed by atoms with Gasteiger partial charge in [0.25, 0.3) is 0 Å². The van der Waals surface area contributed by atoms with Crippen molar-refractivity contribution in [2.24, 2.45) is 0 Å². The summed E-state index contributed by atoms with van der Waals surface area (Å²) in [5, 5.41) is 8.86. The normalized spacial score (nSPS) is 11.3. The first-order valence-corrected chi connectivity index (χ1v) is 6.12. The van der Waals surface area contributed by atoms with Crippen LogP contribution in [-0.2, 0) is 12.8 Å². The second-order valence-corrected chi connectivity index (χ2v) is 4.67. The first-order valence-electron chi connectivity index (χ1n) is 5.35. The van der Waals surface area contributed by atoms with Crippen LogP contribution in [0, 0.1) is 0 Å². The molecule has 0 aliphatic carbocycles. The van der Waals surface area contributed by atoms with Crippen molar-refractivity contribution >= 4 is 17.5 Å². The molecule has 0 saturated carbocycles. The highest BCUT2D eigenvalue weighted by atomic mass is 32.1. The van der Waals surface area contributed by atoms with E-state index in [0.29, 0.717) is 4.88 Å². The minimum Gasteiger partial charge on any atom is -0.488 e. The van der Waals surface area contributed by atoms with Crippen LogP contribution in [0.25, 0.3) is 0 Å². The molecule has 0 fully saturated rings. The Morgan fingerprint density at radius 3 is 2.80 bits per heavy atom. The Labute approximate surface area is 115 Å². The molecule has 0 saturated heterocycles. The highest BCUT2D eigenvalue weighted by molar-refractivity contribution is 7.06. The second kappa shape index (κ2) is 5.49. The fourth-order valence-electron chi connectivity index (χ4n) is 1.45. The lowest BCUT2D eigenvalue weighted by Gasteiger charge is -2.09. The molecular weight excluding hydrogens is 295 g/mol. The molecule has 1 heterocycles. The lowest BCUT2D eigenvalue weighted by atomic mass is 10.2. The summed E-state index contributed by atoms with van der Waals surface area (Å²) in [7, 11) is 0. The van der Waals surface area contributed by atoms with Crippen molar-refractivity contribution in [2.45, 2.75) is 12.8 Å². The van der Waals surface area contributed by atoms with E-state index >= 15 is 0 Å². The summed E-state index contributed by atoms with van der Waals surface area (Å²) in [4.78, 5) is 11.2. The van der Waals surface area contributed by atoms with E-state index in [4.69, 9.17) is 9.84 Å². The maximum Gasteiger partial charge on any atom is 0.416 e. The van der Waals surface area contributed by atoms with E-state index in [2.05, 4.69) is 4.37 Å². The van der Waals surface area contributed by atoms with Crippen molar-refractivity contribution in [2.75, 3.05) is 0 Å². The maximum atomic E-state index is 12.5. The van der Waals surface area contributed by atoms with Gasteiger partial charge in [0, 0.05) is 0 Å². The van der Waals surface area contributed by atoms with Gasteiger partial charge < -0.3 is 9.84 Å². The second-order valence-electron chi connectivity index (χ2n) is 3.78. The van der Waals surface area contributed by atoms with Gasteiger partial charge in [0.05, 0.1) is 22.2 Å². The van der Waals surface area contributed by atoms with E-state index in [9.17, 15) is 18.0 Å². The number of rotatable bonds is 4. The van der Waals surface area contributed by atoms with E-state index in [0.717, 1.165) is 23.7 Å².